The first-order chi connectivity index (χ1) is 7.86. The summed E-state index contributed by atoms with van der Waals surface area (Å²) in [4.78, 5) is 11.5. The number of nitrogens with one attached hydrogen (secondary N) is 1. The van der Waals surface area contributed by atoms with Crippen LogP contribution < -0.4 is 11.1 Å². The van der Waals surface area contributed by atoms with Crippen molar-refractivity contribution in [2.75, 3.05) is 0 Å². The molecule has 0 bridgehead atoms. The molecule has 2 unspecified atom stereocenters. The minimum atomic E-state index is -4.24. The first kappa shape index (κ1) is 14.3. The summed E-state index contributed by atoms with van der Waals surface area (Å²) in [7, 11) is 0. The van der Waals surface area contributed by atoms with Gasteiger partial charge in [0.25, 0.3) is 0 Å². The molecule has 17 heavy (non-hydrogen) atoms. The average molecular weight is 252 g/mol. The average Bonchev–Trinajstić information content (AvgIpc) is 2.27. The maximum atomic E-state index is 12.7. The maximum Gasteiger partial charge on any atom is 0.393 e. The third kappa shape index (κ3) is 3.87. The number of rotatable bonds is 3. The Hall–Kier alpha value is -0.780. The van der Waals surface area contributed by atoms with Crippen molar-refractivity contribution in [1.82, 2.24) is 5.32 Å². The van der Waals surface area contributed by atoms with Gasteiger partial charge in [-0.15, -0.1) is 0 Å². The van der Waals surface area contributed by atoms with E-state index < -0.39 is 30.1 Å². The highest BCUT2D eigenvalue weighted by Gasteiger charge is 2.46. The van der Waals surface area contributed by atoms with Crippen LogP contribution in [0.15, 0.2) is 0 Å². The Bertz CT molecular complexity index is 268. The fourth-order valence-corrected chi connectivity index (χ4v) is 2.17. The molecule has 1 aliphatic carbocycles. The van der Waals surface area contributed by atoms with Crippen molar-refractivity contribution in [3.63, 3.8) is 0 Å². The Morgan fingerprint density at radius 1 is 1.41 bits per heavy atom. The number of halogens is 3. The molecule has 1 fully saturated rings. The van der Waals surface area contributed by atoms with Crippen LogP contribution in [-0.4, -0.2) is 24.2 Å². The third-order valence-corrected chi connectivity index (χ3v) is 3.29. The summed E-state index contributed by atoms with van der Waals surface area (Å²) in [5.74, 6) is -1.90. The normalized spacial score (nSPS) is 27.6. The van der Waals surface area contributed by atoms with E-state index in [2.05, 4.69) is 5.32 Å². The standard InChI is InChI=1S/C11H19F3N2O/c1-2-8(15)10(17)16-9-6-4-3-5-7(9)11(12,13)14/h7-9H,2-6,15H2,1H3,(H,16,17)/t7?,8-,9?/m1/s1. The van der Waals surface area contributed by atoms with Gasteiger partial charge < -0.3 is 11.1 Å². The third-order valence-electron chi connectivity index (χ3n) is 3.29. The van der Waals surface area contributed by atoms with Gasteiger partial charge in [-0.2, -0.15) is 13.2 Å². The Labute approximate surface area is 98.9 Å². The Kier molecular flexibility index (Phi) is 4.80. The monoisotopic (exact) mass is 252 g/mol. The predicted octanol–water partition coefficient (Wildman–Crippen LogP) is 1.96. The van der Waals surface area contributed by atoms with Crippen LogP contribution in [0.5, 0.6) is 0 Å². The van der Waals surface area contributed by atoms with Gasteiger partial charge >= 0.3 is 6.18 Å². The molecule has 100 valence electrons. The molecule has 0 radical (unpaired) electrons. The van der Waals surface area contributed by atoms with E-state index >= 15 is 0 Å². The van der Waals surface area contributed by atoms with Crippen molar-refractivity contribution in [2.24, 2.45) is 11.7 Å². The molecule has 3 N–H and O–H groups in total. The van der Waals surface area contributed by atoms with Crippen molar-refractivity contribution < 1.29 is 18.0 Å². The summed E-state index contributed by atoms with van der Waals surface area (Å²) in [6, 6.07) is -1.53. The number of nitrogens with two attached hydrogens (primary N) is 1. The van der Waals surface area contributed by atoms with Crippen molar-refractivity contribution in [2.45, 2.75) is 57.3 Å². The van der Waals surface area contributed by atoms with Crippen LogP contribution in [0.25, 0.3) is 0 Å². The topological polar surface area (TPSA) is 55.1 Å². The molecule has 3 nitrogen and oxygen atoms in total. The van der Waals surface area contributed by atoms with Gasteiger partial charge in [-0.05, 0) is 19.3 Å². The molecule has 0 heterocycles. The molecule has 1 rings (SSSR count). The smallest absolute Gasteiger partial charge is 0.351 e. The lowest BCUT2D eigenvalue weighted by molar-refractivity contribution is -0.189. The SMILES string of the molecule is CC[C@@H](N)C(=O)NC1CCCCC1C(F)(F)F. The summed E-state index contributed by atoms with van der Waals surface area (Å²) in [6.07, 6.45) is -2.05. The zero-order chi connectivity index (χ0) is 13.1. The molecule has 0 saturated heterocycles. The molecule has 0 spiro atoms. The summed E-state index contributed by atoms with van der Waals surface area (Å²) < 4.78 is 38.2. The lowest BCUT2D eigenvalue weighted by atomic mass is 9.84. The fraction of sp³-hybridized carbons (Fsp3) is 0.909. The highest BCUT2D eigenvalue weighted by Crippen LogP contribution is 2.37. The molecule has 3 atom stereocenters. The molecule has 1 amide bonds. The molecule has 0 aromatic heterocycles. The summed E-state index contributed by atoms with van der Waals surface area (Å²) >= 11 is 0. The highest BCUT2D eigenvalue weighted by molar-refractivity contribution is 5.81. The van der Waals surface area contributed by atoms with Gasteiger partial charge in [-0.25, -0.2) is 0 Å². The Morgan fingerprint density at radius 2 is 2.00 bits per heavy atom. The van der Waals surface area contributed by atoms with Crippen LogP contribution >= 0.6 is 0 Å². The van der Waals surface area contributed by atoms with Gasteiger partial charge in [0.05, 0.1) is 12.0 Å². The number of hydrogen-bond donors (Lipinski definition) is 2. The number of alkyl halides is 3. The molecule has 6 heteroatoms. The van der Waals surface area contributed by atoms with E-state index in [-0.39, 0.29) is 6.42 Å². The Balaban J connectivity index is 2.63. The fourth-order valence-electron chi connectivity index (χ4n) is 2.17. The lowest BCUT2D eigenvalue weighted by Gasteiger charge is -2.34. The molecule has 1 aliphatic rings. The second-order valence-electron chi connectivity index (χ2n) is 4.56. The van der Waals surface area contributed by atoms with Crippen molar-refractivity contribution in [3.05, 3.63) is 0 Å². The van der Waals surface area contributed by atoms with E-state index in [1.807, 2.05) is 0 Å². The Morgan fingerprint density at radius 3 is 2.53 bits per heavy atom. The zero-order valence-electron chi connectivity index (χ0n) is 9.89. The summed E-state index contributed by atoms with van der Waals surface area (Å²) in [5, 5.41) is 2.44. The predicted molar refractivity (Wildman–Crippen MR) is 58.2 cm³/mol. The number of hydrogen-bond acceptors (Lipinski definition) is 2. The first-order valence-electron chi connectivity index (χ1n) is 5.99. The molecule has 0 aromatic rings. The lowest BCUT2D eigenvalue weighted by Crippen LogP contribution is -2.51. The van der Waals surface area contributed by atoms with E-state index in [0.717, 1.165) is 6.42 Å². The first-order valence-corrected chi connectivity index (χ1v) is 5.99. The van der Waals surface area contributed by atoms with Gasteiger partial charge in [0.15, 0.2) is 0 Å². The largest absolute Gasteiger partial charge is 0.393 e. The van der Waals surface area contributed by atoms with E-state index in [1.165, 1.54) is 0 Å². The van der Waals surface area contributed by atoms with Crippen molar-refractivity contribution in [1.29, 1.82) is 0 Å². The van der Waals surface area contributed by atoms with Crippen molar-refractivity contribution in [3.8, 4) is 0 Å². The van der Waals surface area contributed by atoms with Crippen LogP contribution in [0.1, 0.15) is 39.0 Å². The quantitative estimate of drug-likeness (QED) is 0.806. The van der Waals surface area contributed by atoms with Crippen LogP contribution in [0.3, 0.4) is 0 Å². The number of amides is 1. The maximum absolute atomic E-state index is 12.7. The van der Waals surface area contributed by atoms with Gasteiger partial charge in [-0.1, -0.05) is 19.8 Å². The molecular weight excluding hydrogens is 233 g/mol. The number of carbonyl (C=O) groups excluding carboxylic acids is 1. The van der Waals surface area contributed by atoms with E-state index in [9.17, 15) is 18.0 Å². The minimum Gasteiger partial charge on any atom is -0.351 e. The number of carbonyl (C=O) groups is 1. The van der Waals surface area contributed by atoms with Crippen LogP contribution in [0, 0.1) is 5.92 Å². The minimum absolute atomic E-state index is 0.0931. The summed E-state index contributed by atoms with van der Waals surface area (Å²) in [6.45, 7) is 1.73. The molecule has 0 aromatic carbocycles. The highest BCUT2D eigenvalue weighted by atomic mass is 19.4. The van der Waals surface area contributed by atoms with E-state index in [0.29, 0.717) is 19.3 Å². The second kappa shape index (κ2) is 5.71. The van der Waals surface area contributed by atoms with E-state index in [4.69, 9.17) is 5.73 Å². The summed E-state index contributed by atoms with van der Waals surface area (Å²) in [5.41, 5.74) is 5.49. The van der Waals surface area contributed by atoms with Gasteiger partial charge in [0, 0.05) is 6.04 Å². The zero-order valence-corrected chi connectivity index (χ0v) is 9.89. The van der Waals surface area contributed by atoms with Gasteiger partial charge in [0.2, 0.25) is 5.91 Å². The van der Waals surface area contributed by atoms with Gasteiger partial charge in [-0.3, -0.25) is 4.79 Å². The van der Waals surface area contributed by atoms with E-state index in [1.54, 1.807) is 6.92 Å². The van der Waals surface area contributed by atoms with Gasteiger partial charge in [0.1, 0.15) is 0 Å². The van der Waals surface area contributed by atoms with Crippen LogP contribution in [-0.2, 0) is 4.79 Å². The molecule has 0 aliphatic heterocycles. The molecule has 1 saturated carbocycles. The van der Waals surface area contributed by atoms with Crippen LogP contribution in [0.2, 0.25) is 0 Å². The molecular formula is C11H19F3N2O. The van der Waals surface area contributed by atoms with Crippen LogP contribution in [0.4, 0.5) is 13.2 Å². The second-order valence-corrected chi connectivity index (χ2v) is 4.56. The van der Waals surface area contributed by atoms with Crippen molar-refractivity contribution >= 4 is 5.91 Å².